The minimum atomic E-state index is -0.575. The average molecular weight is 300 g/mol. The average Bonchev–Trinajstić information content (AvgIpc) is 2.74. The van der Waals surface area contributed by atoms with Gasteiger partial charge in [0.15, 0.2) is 4.67 Å². The molecule has 0 amide bonds. The lowest BCUT2D eigenvalue weighted by atomic mass is 10.0. The van der Waals surface area contributed by atoms with Crippen LogP contribution < -0.4 is 10.5 Å². The molecule has 17 heavy (non-hydrogen) atoms. The van der Waals surface area contributed by atoms with Gasteiger partial charge in [0.2, 0.25) is 0 Å². The fraction of sp³-hybridized carbons (Fsp3) is 0.167. The van der Waals surface area contributed by atoms with Crippen LogP contribution in [0.25, 0.3) is 0 Å². The Bertz CT molecular complexity index is 527. The Morgan fingerprint density at radius 1 is 1.35 bits per heavy atom. The van der Waals surface area contributed by atoms with Gasteiger partial charge in [0.25, 0.3) is 0 Å². The van der Waals surface area contributed by atoms with Gasteiger partial charge < -0.3 is 14.9 Å². The van der Waals surface area contributed by atoms with Gasteiger partial charge in [-0.05, 0) is 28.1 Å². The van der Waals surface area contributed by atoms with Gasteiger partial charge in [-0.25, -0.2) is 4.39 Å². The second kappa shape index (κ2) is 4.89. The summed E-state index contributed by atoms with van der Waals surface area (Å²) in [6, 6.07) is 5.72. The molecular weight excluding hydrogens is 289 g/mol. The monoisotopic (exact) mass is 299 g/mol. The third-order valence-corrected chi connectivity index (χ3v) is 3.17. The fourth-order valence-corrected chi connectivity index (χ4v) is 2.07. The number of ether oxygens (including phenoxy) is 1. The van der Waals surface area contributed by atoms with Gasteiger partial charge in [-0.2, -0.15) is 0 Å². The third kappa shape index (κ3) is 2.35. The summed E-state index contributed by atoms with van der Waals surface area (Å²) in [5.74, 6) is 0.0645. The topological polar surface area (TPSA) is 48.4 Å². The van der Waals surface area contributed by atoms with Crippen LogP contribution in [0.15, 0.2) is 39.6 Å². The van der Waals surface area contributed by atoms with E-state index in [1.54, 1.807) is 18.2 Å². The van der Waals surface area contributed by atoms with Crippen molar-refractivity contribution in [3.63, 3.8) is 0 Å². The molecule has 0 saturated heterocycles. The Morgan fingerprint density at radius 3 is 2.65 bits per heavy atom. The molecule has 1 unspecified atom stereocenters. The predicted octanol–water partition coefficient (Wildman–Crippen LogP) is 3.24. The van der Waals surface area contributed by atoms with Crippen LogP contribution in [0.4, 0.5) is 4.39 Å². The summed E-state index contributed by atoms with van der Waals surface area (Å²) in [6.07, 6.45) is 1.50. The Hall–Kier alpha value is -1.33. The zero-order chi connectivity index (χ0) is 12.4. The van der Waals surface area contributed by atoms with Crippen molar-refractivity contribution < 1.29 is 13.5 Å². The summed E-state index contributed by atoms with van der Waals surface area (Å²) < 4.78 is 24.3. The van der Waals surface area contributed by atoms with Crippen molar-refractivity contribution in [2.45, 2.75) is 6.04 Å². The minimum absolute atomic E-state index is 0.396. The molecule has 2 rings (SSSR count). The molecule has 1 aromatic heterocycles. The van der Waals surface area contributed by atoms with E-state index in [1.165, 1.54) is 19.4 Å². The van der Waals surface area contributed by atoms with Crippen molar-refractivity contribution in [1.82, 2.24) is 0 Å². The van der Waals surface area contributed by atoms with E-state index in [0.29, 0.717) is 21.5 Å². The molecule has 0 aliphatic carbocycles. The normalized spacial score (nSPS) is 12.5. The Kier molecular flexibility index (Phi) is 3.49. The number of halogens is 2. The van der Waals surface area contributed by atoms with E-state index in [0.717, 1.165) is 0 Å². The number of methoxy groups -OCH3 is 1. The van der Waals surface area contributed by atoms with Crippen LogP contribution in [0.3, 0.4) is 0 Å². The molecule has 1 heterocycles. The van der Waals surface area contributed by atoms with E-state index in [4.69, 9.17) is 14.9 Å². The highest BCUT2D eigenvalue weighted by molar-refractivity contribution is 9.10. The summed E-state index contributed by atoms with van der Waals surface area (Å²) in [7, 11) is 1.49. The number of hydrogen-bond acceptors (Lipinski definition) is 3. The lowest BCUT2D eigenvalue weighted by Crippen LogP contribution is -2.13. The fourth-order valence-electron chi connectivity index (χ4n) is 1.58. The van der Waals surface area contributed by atoms with Crippen LogP contribution >= 0.6 is 15.9 Å². The van der Waals surface area contributed by atoms with Crippen LogP contribution in [-0.2, 0) is 0 Å². The first-order chi connectivity index (χ1) is 8.13. The summed E-state index contributed by atoms with van der Waals surface area (Å²) in [4.78, 5) is 0. The van der Waals surface area contributed by atoms with Gasteiger partial charge in [-0.15, -0.1) is 0 Å². The van der Waals surface area contributed by atoms with Crippen molar-refractivity contribution in [3.05, 3.63) is 52.1 Å². The first-order valence-electron chi connectivity index (χ1n) is 4.95. The second-order valence-electron chi connectivity index (χ2n) is 3.51. The number of nitrogens with two attached hydrogens (primary N) is 1. The summed E-state index contributed by atoms with van der Waals surface area (Å²) in [5, 5.41) is 0. The molecule has 3 nitrogen and oxygen atoms in total. The molecule has 0 aliphatic heterocycles. The van der Waals surface area contributed by atoms with Gasteiger partial charge in [0, 0.05) is 17.2 Å². The molecule has 1 atom stereocenters. The lowest BCUT2D eigenvalue weighted by molar-refractivity contribution is 0.410. The summed E-state index contributed by atoms with van der Waals surface area (Å²) >= 11 is 3.22. The van der Waals surface area contributed by atoms with Gasteiger partial charge >= 0.3 is 0 Å². The maximum Gasteiger partial charge on any atom is 0.174 e. The first kappa shape index (κ1) is 12.1. The lowest BCUT2D eigenvalue weighted by Gasteiger charge is -2.12. The van der Waals surface area contributed by atoms with Crippen molar-refractivity contribution in [2.75, 3.05) is 7.11 Å². The standard InChI is InChI=1S/C12H11BrFNO2/c1-16-7-2-3-8(10(14)6-7)11(15)9-4-5-17-12(9)13/h2-6,11H,15H2,1H3. The van der Waals surface area contributed by atoms with Crippen molar-refractivity contribution >= 4 is 15.9 Å². The molecular formula is C12H11BrFNO2. The molecule has 2 N–H and O–H groups in total. The van der Waals surface area contributed by atoms with Crippen molar-refractivity contribution in [1.29, 1.82) is 0 Å². The van der Waals surface area contributed by atoms with Gasteiger partial charge in [-0.3, -0.25) is 0 Å². The largest absolute Gasteiger partial charge is 0.497 e. The maximum atomic E-state index is 13.8. The highest BCUT2D eigenvalue weighted by Gasteiger charge is 2.18. The summed E-state index contributed by atoms with van der Waals surface area (Å²) in [6.45, 7) is 0. The molecule has 5 heteroatoms. The minimum Gasteiger partial charge on any atom is -0.497 e. The van der Waals surface area contributed by atoms with E-state index in [2.05, 4.69) is 15.9 Å². The van der Waals surface area contributed by atoms with E-state index < -0.39 is 11.9 Å². The van der Waals surface area contributed by atoms with Crippen molar-refractivity contribution in [3.8, 4) is 5.75 Å². The van der Waals surface area contributed by atoms with E-state index in [-0.39, 0.29) is 0 Å². The molecule has 0 radical (unpaired) electrons. The third-order valence-electron chi connectivity index (χ3n) is 2.52. The van der Waals surface area contributed by atoms with E-state index >= 15 is 0 Å². The highest BCUT2D eigenvalue weighted by Crippen LogP contribution is 2.30. The second-order valence-corrected chi connectivity index (χ2v) is 4.24. The number of rotatable bonds is 3. The molecule has 0 fully saturated rings. The zero-order valence-corrected chi connectivity index (χ0v) is 10.7. The Morgan fingerprint density at radius 2 is 2.12 bits per heavy atom. The Balaban J connectivity index is 2.38. The van der Waals surface area contributed by atoms with Crippen LogP contribution in [0.1, 0.15) is 17.2 Å². The number of furan rings is 1. The molecule has 1 aromatic carbocycles. The molecule has 0 spiro atoms. The molecule has 90 valence electrons. The van der Waals surface area contributed by atoms with Crippen LogP contribution in [-0.4, -0.2) is 7.11 Å². The molecule has 0 aliphatic rings. The molecule has 2 aromatic rings. The SMILES string of the molecule is COc1ccc(C(N)c2ccoc2Br)c(F)c1. The summed E-state index contributed by atoms with van der Waals surface area (Å²) in [5.41, 5.74) is 7.08. The number of hydrogen-bond donors (Lipinski definition) is 1. The van der Waals surface area contributed by atoms with Crippen molar-refractivity contribution in [2.24, 2.45) is 5.73 Å². The quantitative estimate of drug-likeness (QED) is 0.946. The van der Waals surface area contributed by atoms with E-state index in [1.807, 2.05) is 0 Å². The number of benzene rings is 1. The van der Waals surface area contributed by atoms with E-state index in [9.17, 15) is 4.39 Å². The zero-order valence-electron chi connectivity index (χ0n) is 9.11. The van der Waals surface area contributed by atoms with Crippen LogP contribution in [0.5, 0.6) is 5.75 Å². The van der Waals surface area contributed by atoms with Gasteiger partial charge in [0.1, 0.15) is 11.6 Å². The van der Waals surface area contributed by atoms with Crippen LogP contribution in [0.2, 0.25) is 0 Å². The maximum absolute atomic E-state index is 13.8. The highest BCUT2D eigenvalue weighted by atomic mass is 79.9. The first-order valence-corrected chi connectivity index (χ1v) is 5.74. The van der Waals surface area contributed by atoms with Gasteiger partial charge in [0.05, 0.1) is 19.4 Å². The Labute approximate surface area is 106 Å². The van der Waals surface area contributed by atoms with Gasteiger partial charge in [-0.1, -0.05) is 6.07 Å². The smallest absolute Gasteiger partial charge is 0.174 e. The van der Waals surface area contributed by atoms with Crippen LogP contribution in [0, 0.1) is 5.82 Å². The molecule has 0 saturated carbocycles. The predicted molar refractivity (Wildman–Crippen MR) is 65.4 cm³/mol. The molecule has 0 bridgehead atoms.